The molecule has 0 aliphatic heterocycles. The smallest absolute Gasteiger partial charge is 0.222 e. The molecule has 0 bridgehead atoms. The molecule has 0 saturated carbocycles. The predicted octanol–water partition coefficient (Wildman–Crippen LogP) is 4.45. The molecule has 7 heteroatoms. The molecular weight excluding hydrogens is 506 g/mol. The zero-order valence-electron chi connectivity index (χ0n) is 21.0. The van der Waals surface area contributed by atoms with E-state index in [9.17, 15) is 14.7 Å². The molecule has 0 fully saturated rings. The Hall–Kier alpha value is -2.22. The summed E-state index contributed by atoms with van der Waals surface area (Å²) in [6.07, 6.45) is 2.74. The Bertz CT molecular complexity index is 888. The summed E-state index contributed by atoms with van der Waals surface area (Å²) in [5.74, 6) is -0.0326. The second-order valence-corrected chi connectivity index (χ2v) is 9.84. The SMILES string of the molecule is CCCN(CCC)C(=O)CCCC(=O)N[C@@H](Cc1cccc(Br)c1)[C@H](O)CNCc1ccccc1. The van der Waals surface area contributed by atoms with E-state index in [-0.39, 0.29) is 18.2 Å². The highest BCUT2D eigenvalue weighted by Crippen LogP contribution is 2.15. The van der Waals surface area contributed by atoms with Crippen LogP contribution < -0.4 is 10.6 Å². The minimum Gasteiger partial charge on any atom is -0.390 e. The Morgan fingerprint density at radius 3 is 2.31 bits per heavy atom. The van der Waals surface area contributed by atoms with Gasteiger partial charge in [-0.05, 0) is 48.9 Å². The van der Waals surface area contributed by atoms with Gasteiger partial charge in [-0.25, -0.2) is 0 Å². The second-order valence-electron chi connectivity index (χ2n) is 8.93. The average molecular weight is 547 g/mol. The molecule has 0 radical (unpaired) electrons. The highest BCUT2D eigenvalue weighted by Gasteiger charge is 2.22. The molecule has 0 unspecified atom stereocenters. The number of nitrogens with one attached hydrogen (secondary N) is 2. The van der Waals surface area contributed by atoms with Gasteiger partial charge >= 0.3 is 0 Å². The number of nitrogens with zero attached hydrogens (tertiary/aromatic N) is 1. The van der Waals surface area contributed by atoms with E-state index < -0.39 is 12.1 Å². The van der Waals surface area contributed by atoms with Crippen LogP contribution in [0, 0.1) is 0 Å². The Balaban J connectivity index is 1.91. The van der Waals surface area contributed by atoms with Crippen LogP contribution in [0.25, 0.3) is 0 Å². The number of halogens is 1. The Kier molecular flexibility index (Phi) is 13.6. The number of amides is 2. The zero-order chi connectivity index (χ0) is 25.5. The van der Waals surface area contributed by atoms with Gasteiger partial charge in [-0.1, -0.05) is 72.2 Å². The lowest BCUT2D eigenvalue weighted by atomic mass is 10.0. The number of aliphatic hydroxyl groups is 1. The first kappa shape index (κ1) is 29.0. The van der Waals surface area contributed by atoms with Gasteiger partial charge in [-0.2, -0.15) is 0 Å². The first-order valence-electron chi connectivity index (χ1n) is 12.7. The molecule has 2 aromatic carbocycles. The van der Waals surface area contributed by atoms with Crippen LogP contribution >= 0.6 is 15.9 Å². The van der Waals surface area contributed by atoms with E-state index in [4.69, 9.17) is 0 Å². The van der Waals surface area contributed by atoms with Crippen LogP contribution in [0.2, 0.25) is 0 Å². The Labute approximate surface area is 218 Å². The van der Waals surface area contributed by atoms with Crippen molar-refractivity contribution < 1.29 is 14.7 Å². The maximum absolute atomic E-state index is 12.7. The van der Waals surface area contributed by atoms with Crippen molar-refractivity contribution in [1.29, 1.82) is 0 Å². The van der Waals surface area contributed by atoms with Gasteiger partial charge in [-0.3, -0.25) is 9.59 Å². The summed E-state index contributed by atoms with van der Waals surface area (Å²) in [5, 5.41) is 17.2. The van der Waals surface area contributed by atoms with E-state index in [2.05, 4.69) is 40.4 Å². The Morgan fingerprint density at radius 2 is 1.66 bits per heavy atom. The number of rotatable bonds is 16. The highest BCUT2D eigenvalue weighted by atomic mass is 79.9. The minimum absolute atomic E-state index is 0.109. The molecule has 2 aromatic rings. The molecule has 0 spiro atoms. The molecule has 6 nitrogen and oxygen atoms in total. The lowest BCUT2D eigenvalue weighted by Crippen LogP contribution is -2.48. The fourth-order valence-electron chi connectivity index (χ4n) is 4.04. The van der Waals surface area contributed by atoms with Crippen molar-refractivity contribution in [1.82, 2.24) is 15.5 Å². The summed E-state index contributed by atoms with van der Waals surface area (Å²) in [6, 6.07) is 17.5. The van der Waals surface area contributed by atoms with Crippen molar-refractivity contribution >= 4 is 27.7 Å². The maximum Gasteiger partial charge on any atom is 0.222 e. The molecule has 0 saturated heterocycles. The van der Waals surface area contributed by atoms with Crippen molar-refractivity contribution in [3.05, 3.63) is 70.2 Å². The van der Waals surface area contributed by atoms with Gasteiger partial charge in [0.05, 0.1) is 12.1 Å². The van der Waals surface area contributed by atoms with Gasteiger partial charge in [0.15, 0.2) is 0 Å². The number of carbonyl (C=O) groups excluding carboxylic acids is 2. The average Bonchev–Trinajstić information content (AvgIpc) is 2.84. The molecule has 192 valence electrons. The first-order valence-corrected chi connectivity index (χ1v) is 13.5. The van der Waals surface area contributed by atoms with E-state index in [0.29, 0.717) is 32.4 Å². The van der Waals surface area contributed by atoms with Crippen molar-refractivity contribution in [3.63, 3.8) is 0 Å². The van der Waals surface area contributed by atoms with Crippen molar-refractivity contribution in [2.75, 3.05) is 19.6 Å². The van der Waals surface area contributed by atoms with Crippen LogP contribution in [0.5, 0.6) is 0 Å². The van der Waals surface area contributed by atoms with Crippen LogP contribution in [-0.4, -0.2) is 53.6 Å². The third kappa shape index (κ3) is 11.4. The van der Waals surface area contributed by atoms with E-state index in [1.54, 1.807) is 0 Å². The monoisotopic (exact) mass is 545 g/mol. The number of carbonyl (C=O) groups is 2. The summed E-state index contributed by atoms with van der Waals surface area (Å²) in [4.78, 5) is 27.1. The third-order valence-corrected chi connectivity index (χ3v) is 6.31. The van der Waals surface area contributed by atoms with Crippen molar-refractivity contribution in [3.8, 4) is 0 Å². The summed E-state index contributed by atoms with van der Waals surface area (Å²) >= 11 is 3.49. The standard InChI is InChI=1S/C28H40BrN3O3/c1-3-16-32(17-4-2)28(35)15-9-14-27(34)31-25(19-23-12-8-13-24(29)18-23)26(33)21-30-20-22-10-6-5-7-11-22/h5-8,10-13,18,25-26,30,33H,3-4,9,14-17,19-21H2,1-2H3,(H,31,34)/t25-,26+/m0/s1. The van der Waals surface area contributed by atoms with Crippen molar-refractivity contribution in [2.24, 2.45) is 0 Å². The van der Waals surface area contributed by atoms with E-state index in [1.165, 1.54) is 0 Å². The van der Waals surface area contributed by atoms with E-state index >= 15 is 0 Å². The Morgan fingerprint density at radius 1 is 0.971 bits per heavy atom. The molecule has 2 amide bonds. The number of hydrogen-bond acceptors (Lipinski definition) is 4. The normalized spacial score (nSPS) is 12.7. The second kappa shape index (κ2) is 16.5. The maximum atomic E-state index is 12.7. The molecule has 0 aliphatic rings. The largest absolute Gasteiger partial charge is 0.390 e. The van der Waals surface area contributed by atoms with Gasteiger partial charge < -0.3 is 20.6 Å². The molecule has 0 aromatic heterocycles. The number of aliphatic hydroxyl groups excluding tert-OH is 1. The molecule has 35 heavy (non-hydrogen) atoms. The summed E-state index contributed by atoms with van der Waals surface area (Å²) in [7, 11) is 0. The van der Waals surface area contributed by atoms with Crippen LogP contribution in [0.1, 0.15) is 57.1 Å². The molecule has 2 atom stereocenters. The van der Waals surface area contributed by atoms with E-state index in [1.807, 2.05) is 59.5 Å². The van der Waals surface area contributed by atoms with Crippen LogP contribution in [0.4, 0.5) is 0 Å². The topological polar surface area (TPSA) is 81.7 Å². The lowest BCUT2D eigenvalue weighted by molar-refractivity contribution is -0.131. The minimum atomic E-state index is -0.757. The summed E-state index contributed by atoms with van der Waals surface area (Å²) in [5.41, 5.74) is 2.16. The third-order valence-electron chi connectivity index (χ3n) is 5.82. The van der Waals surface area contributed by atoms with Gasteiger partial charge in [0.25, 0.3) is 0 Å². The summed E-state index contributed by atoms with van der Waals surface area (Å²) in [6.45, 7) is 6.65. The van der Waals surface area contributed by atoms with Gasteiger partial charge in [0.2, 0.25) is 11.8 Å². The van der Waals surface area contributed by atoms with E-state index in [0.717, 1.165) is 41.5 Å². The number of hydrogen-bond donors (Lipinski definition) is 3. The number of benzene rings is 2. The van der Waals surface area contributed by atoms with Crippen LogP contribution in [0.3, 0.4) is 0 Å². The first-order chi connectivity index (χ1) is 16.9. The van der Waals surface area contributed by atoms with Crippen LogP contribution in [-0.2, 0) is 22.6 Å². The van der Waals surface area contributed by atoms with Gasteiger partial charge in [0, 0.05) is 43.5 Å². The molecule has 0 heterocycles. The molecule has 3 N–H and O–H groups in total. The quantitative estimate of drug-likeness (QED) is 0.291. The van der Waals surface area contributed by atoms with Crippen LogP contribution in [0.15, 0.2) is 59.1 Å². The fourth-order valence-corrected chi connectivity index (χ4v) is 4.49. The molecule has 0 aliphatic carbocycles. The lowest BCUT2D eigenvalue weighted by Gasteiger charge is -2.25. The van der Waals surface area contributed by atoms with Gasteiger partial charge in [-0.15, -0.1) is 0 Å². The van der Waals surface area contributed by atoms with Crippen molar-refractivity contribution in [2.45, 2.75) is 71.1 Å². The fraction of sp³-hybridized carbons (Fsp3) is 0.500. The molecular formula is C28H40BrN3O3. The molecule has 2 rings (SSSR count). The predicted molar refractivity (Wildman–Crippen MR) is 145 cm³/mol. The summed E-state index contributed by atoms with van der Waals surface area (Å²) < 4.78 is 0.957. The van der Waals surface area contributed by atoms with Gasteiger partial charge in [0.1, 0.15) is 0 Å². The highest BCUT2D eigenvalue weighted by molar-refractivity contribution is 9.10. The zero-order valence-corrected chi connectivity index (χ0v) is 22.6.